The number of aryl methyl sites for hydroxylation is 2. The van der Waals surface area contributed by atoms with Crippen molar-refractivity contribution in [2.75, 3.05) is 5.32 Å². The average molecular weight is 350 g/mol. The van der Waals surface area contributed by atoms with Gasteiger partial charge in [-0.2, -0.15) is 4.72 Å². The summed E-state index contributed by atoms with van der Waals surface area (Å²) in [4.78, 5) is 12.2. The number of nitrogens with one attached hydrogen (secondary N) is 2. The van der Waals surface area contributed by atoms with Crippen LogP contribution in [0.15, 0.2) is 47.4 Å². The quantitative estimate of drug-likeness (QED) is 0.871. The molecule has 0 aromatic heterocycles. The number of amides is 1. The summed E-state index contributed by atoms with van der Waals surface area (Å²) in [5.74, 6) is -1.23. The first-order valence-electron chi connectivity index (χ1n) is 7.35. The van der Waals surface area contributed by atoms with E-state index in [4.69, 9.17) is 0 Å². The number of anilines is 1. The smallest absolute Gasteiger partial charge is 0.242 e. The first kappa shape index (κ1) is 18.1. The fourth-order valence-corrected chi connectivity index (χ4v) is 3.33. The number of carbonyl (C=O) groups is 1. The highest BCUT2D eigenvalue weighted by molar-refractivity contribution is 7.89. The van der Waals surface area contributed by atoms with Gasteiger partial charge in [0, 0.05) is 0 Å². The summed E-state index contributed by atoms with van der Waals surface area (Å²) in [6.07, 6.45) is 0. The van der Waals surface area contributed by atoms with Crippen LogP contribution >= 0.6 is 0 Å². The summed E-state index contributed by atoms with van der Waals surface area (Å²) in [6, 6.07) is 9.34. The summed E-state index contributed by atoms with van der Waals surface area (Å²) in [5.41, 5.74) is 1.81. The van der Waals surface area contributed by atoms with Gasteiger partial charge in [0.15, 0.2) is 0 Å². The fraction of sp³-hybridized carbons (Fsp3) is 0.235. The largest absolute Gasteiger partial charge is 0.322 e. The van der Waals surface area contributed by atoms with Crippen LogP contribution in [0.3, 0.4) is 0 Å². The fourth-order valence-electron chi connectivity index (χ4n) is 2.04. The molecule has 2 aromatic rings. The van der Waals surface area contributed by atoms with E-state index in [1.807, 2.05) is 13.8 Å². The van der Waals surface area contributed by atoms with Gasteiger partial charge in [-0.05, 0) is 56.2 Å². The van der Waals surface area contributed by atoms with Crippen molar-refractivity contribution in [3.05, 3.63) is 59.4 Å². The third-order valence-electron chi connectivity index (χ3n) is 3.65. The lowest BCUT2D eigenvalue weighted by atomic mass is 10.1. The molecule has 5 nitrogen and oxygen atoms in total. The second kappa shape index (κ2) is 7.11. The van der Waals surface area contributed by atoms with Gasteiger partial charge in [0.25, 0.3) is 0 Å². The SMILES string of the molecule is Cc1ccc(S(=O)(=O)NC(C)C(=O)Nc2ccccc2F)cc1C. The summed E-state index contributed by atoms with van der Waals surface area (Å²) in [5, 5.41) is 2.36. The van der Waals surface area contributed by atoms with Gasteiger partial charge in [0.1, 0.15) is 5.82 Å². The number of rotatable bonds is 5. The Balaban J connectivity index is 2.12. The van der Waals surface area contributed by atoms with Crippen molar-refractivity contribution in [3.8, 4) is 0 Å². The molecule has 0 radical (unpaired) electrons. The maximum absolute atomic E-state index is 13.5. The molecule has 2 rings (SSSR count). The number of sulfonamides is 1. The van der Waals surface area contributed by atoms with Crippen LogP contribution in [0.4, 0.5) is 10.1 Å². The molecule has 0 aliphatic carbocycles. The summed E-state index contributed by atoms with van der Waals surface area (Å²) in [7, 11) is -3.85. The first-order chi connectivity index (χ1) is 11.2. The predicted octanol–water partition coefficient (Wildman–Crippen LogP) is 2.75. The van der Waals surface area contributed by atoms with Crippen molar-refractivity contribution in [2.24, 2.45) is 0 Å². The lowest BCUT2D eigenvalue weighted by Crippen LogP contribution is -2.41. The zero-order valence-corrected chi connectivity index (χ0v) is 14.4. The lowest BCUT2D eigenvalue weighted by molar-refractivity contribution is -0.117. The number of hydrogen-bond donors (Lipinski definition) is 2. The Labute approximate surface area is 141 Å². The van der Waals surface area contributed by atoms with Gasteiger partial charge in [-0.3, -0.25) is 4.79 Å². The standard InChI is InChI=1S/C17H19FN2O3S/c1-11-8-9-14(10-12(11)2)24(22,23)20-13(3)17(21)19-16-7-5-4-6-15(16)18/h4-10,13,20H,1-3H3,(H,19,21). The molecule has 1 atom stereocenters. The highest BCUT2D eigenvalue weighted by Crippen LogP contribution is 2.16. The number of halogens is 1. The number of hydrogen-bond acceptors (Lipinski definition) is 3. The minimum Gasteiger partial charge on any atom is -0.322 e. The van der Waals surface area contributed by atoms with Crippen molar-refractivity contribution in [3.63, 3.8) is 0 Å². The van der Waals surface area contributed by atoms with Crippen LogP contribution in [0.1, 0.15) is 18.1 Å². The minimum absolute atomic E-state index is 0.000252. The molecule has 1 amide bonds. The van der Waals surface area contributed by atoms with E-state index in [0.717, 1.165) is 11.1 Å². The van der Waals surface area contributed by atoms with E-state index in [2.05, 4.69) is 10.0 Å². The van der Waals surface area contributed by atoms with Gasteiger partial charge < -0.3 is 5.32 Å². The van der Waals surface area contributed by atoms with Gasteiger partial charge in [-0.1, -0.05) is 18.2 Å². The summed E-state index contributed by atoms with van der Waals surface area (Å²) >= 11 is 0. The van der Waals surface area contributed by atoms with E-state index in [0.29, 0.717) is 0 Å². The Kier molecular flexibility index (Phi) is 5.36. The molecular weight excluding hydrogens is 331 g/mol. The highest BCUT2D eigenvalue weighted by Gasteiger charge is 2.23. The molecule has 2 aromatic carbocycles. The summed E-state index contributed by atoms with van der Waals surface area (Å²) < 4.78 is 40.6. The normalized spacial score (nSPS) is 12.7. The molecule has 0 saturated heterocycles. The van der Waals surface area contributed by atoms with Crippen LogP contribution in [0.2, 0.25) is 0 Å². The summed E-state index contributed by atoms with van der Waals surface area (Å²) in [6.45, 7) is 5.08. The third kappa shape index (κ3) is 4.18. The Morgan fingerprint density at radius 3 is 2.38 bits per heavy atom. The molecule has 2 N–H and O–H groups in total. The third-order valence-corrected chi connectivity index (χ3v) is 5.18. The Bertz CT molecular complexity index is 866. The molecule has 0 bridgehead atoms. The van der Waals surface area contributed by atoms with Crippen LogP contribution in [0.25, 0.3) is 0 Å². The molecule has 0 fully saturated rings. The monoisotopic (exact) mass is 350 g/mol. The van der Waals surface area contributed by atoms with Crippen molar-refractivity contribution in [1.29, 1.82) is 0 Å². The molecule has 0 aliphatic heterocycles. The van der Waals surface area contributed by atoms with Crippen LogP contribution < -0.4 is 10.0 Å². The minimum atomic E-state index is -3.85. The van der Waals surface area contributed by atoms with Gasteiger partial charge in [0.05, 0.1) is 16.6 Å². The number of carbonyl (C=O) groups excluding carboxylic acids is 1. The van der Waals surface area contributed by atoms with Crippen molar-refractivity contribution < 1.29 is 17.6 Å². The second-order valence-electron chi connectivity index (χ2n) is 5.56. The maximum atomic E-state index is 13.5. The van der Waals surface area contributed by atoms with Crippen molar-refractivity contribution in [2.45, 2.75) is 31.7 Å². The van der Waals surface area contributed by atoms with Gasteiger partial charge >= 0.3 is 0 Å². The van der Waals surface area contributed by atoms with E-state index < -0.39 is 27.8 Å². The average Bonchev–Trinajstić information content (AvgIpc) is 2.51. The van der Waals surface area contributed by atoms with Crippen molar-refractivity contribution in [1.82, 2.24) is 4.72 Å². The van der Waals surface area contributed by atoms with E-state index in [1.165, 1.54) is 31.2 Å². The van der Waals surface area contributed by atoms with E-state index in [9.17, 15) is 17.6 Å². The molecule has 0 saturated carbocycles. The second-order valence-corrected chi connectivity index (χ2v) is 7.27. The first-order valence-corrected chi connectivity index (χ1v) is 8.84. The van der Waals surface area contributed by atoms with E-state index in [1.54, 1.807) is 18.2 Å². The lowest BCUT2D eigenvalue weighted by Gasteiger charge is -2.15. The highest BCUT2D eigenvalue weighted by atomic mass is 32.2. The van der Waals surface area contributed by atoms with Crippen molar-refractivity contribution >= 4 is 21.6 Å². The van der Waals surface area contributed by atoms with Gasteiger partial charge in [-0.25, -0.2) is 12.8 Å². The molecule has 1 unspecified atom stereocenters. The topological polar surface area (TPSA) is 75.3 Å². The van der Waals surface area contributed by atoms with E-state index >= 15 is 0 Å². The van der Waals surface area contributed by atoms with Gasteiger partial charge in [-0.15, -0.1) is 0 Å². The van der Waals surface area contributed by atoms with Crippen LogP contribution in [-0.4, -0.2) is 20.4 Å². The Hall–Kier alpha value is -2.25. The molecule has 0 spiro atoms. The molecular formula is C17H19FN2O3S. The van der Waals surface area contributed by atoms with Gasteiger partial charge in [0.2, 0.25) is 15.9 Å². The molecule has 128 valence electrons. The van der Waals surface area contributed by atoms with Crippen LogP contribution in [0.5, 0.6) is 0 Å². The molecule has 0 aliphatic rings. The Morgan fingerprint density at radius 2 is 1.75 bits per heavy atom. The molecule has 0 heterocycles. The zero-order chi connectivity index (χ0) is 17.9. The Morgan fingerprint density at radius 1 is 1.08 bits per heavy atom. The van der Waals surface area contributed by atoms with Crippen LogP contribution in [0, 0.1) is 19.7 Å². The van der Waals surface area contributed by atoms with E-state index in [-0.39, 0.29) is 10.6 Å². The number of para-hydroxylation sites is 1. The maximum Gasteiger partial charge on any atom is 0.242 e. The van der Waals surface area contributed by atoms with Crippen LogP contribution in [-0.2, 0) is 14.8 Å². The zero-order valence-electron chi connectivity index (χ0n) is 13.6. The molecule has 24 heavy (non-hydrogen) atoms. The number of benzene rings is 2. The molecule has 7 heteroatoms. The predicted molar refractivity (Wildman–Crippen MR) is 90.7 cm³/mol.